The second kappa shape index (κ2) is 12.2. The molecule has 0 atom stereocenters. The minimum absolute atomic E-state index is 1.13. The molecule has 0 bridgehead atoms. The van der Waals surface area contributed by atoms with Crippen molar-refractivity contribution in [2.75, 3.05) is 4.90 Å². The topological polar surface area (TPSA) is 3.24 Å². The fourth-order valence-corrected chi connectivity index (χ4v) is 10.5. The standard InChI is InChI=1S/C50H31NS2/c1-2-11-32(12-3-1)39-20-9-14-34-15-10-21-41(49(34)39)35-16-8-17-36(29-35)51(37-24-26-43-42-19-6-7-22-45(42)52-47(43)30-37)38-25-27-44-48(31-38)53-46-28-23-33-13-4-5-18-40(33)50(44)46/h1-31H. The quantitative estimate of drug-likeness (QED) is 0.172. The predicted octanol–water partition coefficient (Wildman–Crippen LogP) is 15.5. The molecule has 2 aromatic heterocycles. The first kappa shape index (κ1) is 30.4. The van der Waals surface area contributed by atoms with Gasteiger partial charge in [-0.3, -0.25) is 0 Å². The Balaban J connectivity index is 1.13. The van der Waals surface area contributed by atoms with Crippen LogP contribution in [-0.2, 0) is 0 Å². The maximum Gasteiger partial charge on any atom is 0.0476 e. The van der Waals surface area contributed by atoms with Gasteiger partial charge in [0, 0.05) is 57.4 Å². The van der Waals surface area contributed by atoms with Crippen LogP contribution in [0.25, 0.3) is 84.1 Å². The Bertz CT molecular complexity index is 3180. The van der Waals surface area contributed by atoms with Gasteiger partial charge in [-0.1, -0.05) is 140 Å². The zero-order chi connectivity index (χ0) is 34.9. The van der Waals surface area contributed by atoms with Crippen LogP contribution in [0.15, 0.2) is 188 Å². The van der Waals surface area contributed by atoms with Crippen LogP contribution in [0.5, 0.6) is 0 Å². The smallest absolute Gasteiger partial charge is 0.0476 e. The van der Waals surface area contributed by atoms with E-state index in [1.807, 2.05) is 22.7 Å². The highest BCUT2D eigenvalue weighted by Crippen LogP contribution is 2.46. The molecule has 0 aliphatic heterocycles. The van der Waals surface area contributed by atoms with E-state index in [0.29, 0.717) is 0 Å². The van der Waals surface area contributed by atoms with Crippen LogP contribution in [-0.4, -0.2) is 0 Å². The van der Waals surface area contributed by atoms with Crippen LogP contribution in [0.4, 0.5) is 17.1 Å². The highest BCUT2D eigenvalue weighted by molar-refractivity contribution is 7.26. The molecule has 0 radical (unpaired) electrons. The maximum absolute atomic E-state index is 2.44. The summed E-state index contributed by atoms with van der Waals surface area (Å²) in [5, 5.41) is 10.4. The van der Waals surface area contributed by atoms with Crippen molar-refractivity contribution in [3.63, 3.8) is 0 Å². The van der Waals surface area contributed by atoms with E-state index in [-0.39, 0.29) is 0 Å². The summed E-state index contributed by atoms with van der Waals surface area (Å²) in [5.41, 5.74) is 8.32. The minimum atomic E-state index is 1.13. The summed E-state index contributed by atoms with van der Waals surface area (Å²) in [6.07, 6.45) is 0. The summed E-state index contributed by atoms with van der Waals surface area (Å²) in [7, 11) is 0. The molecule has 3 heteroatoms. The number of fused-ring (bicyclic) bond motifs is 9. The van der Waals surface area contributed by atoms with Crippen molar-refractivity contribution < 1.29 is 0 Å². The molecule has 0 amide bonds. The lowest BCUT2D eigenvalue weighted by Gasteiger charge is -2.26. The van der Waals surface area contributed by atoms with Crippen molar-refractivity contribution in [1.82, 2.24) is 0 Å². The zero-order valence-corrected chi connectivity index (χ0v) is 30.3. The largest absolute Gasteiger partial charge is 0.310 e. The normalized spacial score (nSPS) is 11.8. The molecule has 53 heavy (non-hydrogen) atoms. The van der Waals surface area contributed by atoms with Crippen molar-refractivity contribution in [2.45, 2.75) is 0 Å². The first-order valence-electron chi connectivity index (χ1n) is 18.0. The van der Waals surface area contributed by atoms with E-state index in [2.05, 4.69) is 193 Å². The highest BCUT2D eigenvalue weighted by atomic mass is 32.1. The van der Waals surface area contributed by atoms with Gasteiger partial charge in [0.05, 0.1) is 0 Å². The summed E-state index contributed by atoms with van der Waals surface area (Å²) in [6, 6.07) is 69.2. The van der Waals surface area contributed by atoms with Gasteiger partial charge in [-0.25, -0.2) is 0 Å². The van der Waals surface area contributed by atoms with Crippen molar-refractivity contribution in [3.05, 3.63) is 188 Å². The van der Waals surface area contributed by atoms with E-state index in [4.69, 9.17) is 0 Å². The van der Waals surface area contributed by atoms with Gasteiger partial charge in [-0.05, 0) is 92.3 Å². The van der Waals surface area contributed by atoms with Crippen LogP contribution in [0.3, 0.4) is 0 Å². The molecule has 1 nitrogen and oxygen atoms in total. The van der Waals surface area contributed by atoms with E-state index in [9.17, 15) is 0 Å². The van der Waals surface area contributed by atoms with E-state index < -0.39 is 0 Å². The first-order valence-corrected chi connectivity index (χ1v) is 19.6. The average molecular weight is 710 g/mol. The van der Waals surface area contributed by atoms with Crippen molar-refractivity contribution in [3.8, 4) is 22.3 Å². The fraction of sp³-hybridized carbons (Fsp3) is 0. The fourth-order valence-electron chi connectivity index (χ4n) is 8.23. The van der Waals surface area contributed by atoms with Crippen LogP contribution >= 0.6 is 22.7 Å². The highest BCUT2D eigenvalue weighted by Gasteiger charge is 2.19. The number of rotatable bonds is 5. The average Bonchev–Trinajstić information content (AvgIpc) is 3.79. The third-order valence-electron chi connectivity index (χ3n) is 10.6. The number of nitrogens with zero attached hydrogens (tertiary/aromatic N) is 1. The van der Waals surface area contributed by atoms with Crippen LogP contribution < -0.4 is 4.90 Å². The number of hydrogen-bond donors (Lipinski definition) is 0. The van der Waals surface area contributed by atoms with Gasteiger partial charge in [-0.15, -0.1) is 22.7 Å². The molecule has 0 saturated heterocycles. The Labute approximate surface area is 315 Å². The summed E-state index contributed by atoms with van der Waals surface area (Å²) < 4.78 is 5.22. The van der Waals surface area contributed by atoms with Crippen molar-refractivity contribution in [2.24, 2.45) is 0 Å². The Morgan fingerprint density at radius 1 is 0.302 bits per heavy atom. The number of hydrogen-bond acceptors (Lipinski definition) is 3. The van der Waals surface area contributed by atoms with Gasteiger partial charge in [0.2, 0.25) is 0 Å². The van der Waals surface area contributed by atoms with Crippen molar-refractivity contribution >= 4 is 102 Å². The molecule has 2 heterocycles. The summed E-state index contributed by atoms with van der Waals surface area (Å²) in [4.78, 5) is 2.44. The van der Waals surface area contributed by atoms with Gasteiger partial charge in [0.25, 0.3) is 0 Å². The molecular weight excluding hydrogens is 679 g/mol. The molecule has 0 aliphatic rings. The summed E-state index contributed by atoms with van der Waals surface area (Å²) in [6.45, 7) is 0. The van der Waals surface area contributed by atoms with E-state index >= 15 is 0 Å². The Morgan fingerprint density at radius 2 is 0.887 bits per heavy atom. The first-order chi connectivity index (χ1) is 26.3. The van der Waals surface area contributed by atoms with Crippen LogP contribution in [0, 0.1) is 0 Å². The van der Waals surface area contributed by atoms with Gasteiger partial charge in [0.1, 0.15) is 0 Å². The molecule has 0 spiro atoms. The molecule has 0 unspecified atom stereocenters. The van der Waals surface area contributed by atoms with E-state index in [1.54, 1.807) is 0 Å². The number of anilines is 3. The second-order valence-electron chi connectivity index (χ2n) is 13.7. The van der Waals surface area contributed by atoms with Crippen LogP contribution in [0.2, 0.25) is 0 Å². The monoisotopic (exact) mass is 709 g/mol. The Morgan fingerprint density at radius 3 is 1.72 bits per heavy atom. The number of benzene rings is 9. The van der Waals surface area contributed by atoms with Crippen LogP contribution in [0.1, 0.15) is 0 Å². The maximum atomic E-state index is 2.44. The zero-order valence-electron chi connectivity index (χ0n) is 28.7. The van der Waals surface area contributed by atoms with E-state index in [0.717, 1.165) is 17.1 Å². The molecule has 0 saturated carbocycles. The summed E-state index contributed by atoms with van der Waals surface area (Å²) >= 11 is 3.75. The van der Waals surface area contributed by atoms with Crippen molar-refractivity contribution in [1.29, 1.82) is 0 Å². The molecule has 248 valence electrons. The van der Waals surface area contributed by atoms with E-state index in [1.165, 1.54) is 84.1 Å². The molecule has 0 N–H and O–H groups in total. The number of thiophene rings is 2. The Hall–Kier alpha value is -6.26. The summed E-state index contributed by atoms with van der Waals surface area (Å²) in [5.74, 6) is 0. The van der Waals surface area contributed by atoms with Gasteiger partial charge in [-0.2, -0.15) is 0 Å². The second-order valence-corrected chi connectivity index (χ2v) is 15.8. The predicted molar refractivity (Wildman–Crippen MR) is 233 cm³/mol. The minimum Gasteiger partial charge on any atom is -0.310 e. The van der Waals surface area contributed by atoms with Gasteiger partial charge < -0.3 is 4.90 Å². The molecule has 11 aromatic rings. The third kappa shape index (κ3) is 4.97. The molecule has 0 aliphatic carbocycles. The molecule has 11 rings (SSSR count). The molecular formula is C50H31NS2. The lowest BCUT2D eigenvalue weighted by molar-refractivity contribution is 1.30. The Kier molecular flexibility index (Phi) is 6.97. The molecule has 9 aromatic carbocycles. The lowest BCUT2D eigenvalue weighted by Crippen LogP contribution is -2.09. The lowest BCUT2D eigenvalue weighted by atomic mass is 9.91. The SMILES string of the molecule is c1ccc(-c2cccc3cccc(-c4cccc(N(c5ccc6c(c5)sc5ccccc56)c5ccc6c(c5)sc5ccc7ccccc7c56)c4)c23)cc1. The van der Waals surface area contributed by atoms with Gasteiger partial charge >= 0.3 is 0 Å². The van der Waals surface area contributed by atoms with Gasteiger partial charge in [0.15, 0.2) is 0 Å². The third-order valence-corrected chi connectivity index (χ3v) is 12.9. The molecule has 0 fully saturated rings.